The molecule has 0 fully saturated rings. The van der Waals surface area contributed by atoms with Crippen LogP contribution in [-0.2, 0) is 4.79 Å². The molecule has 3 N–H and O–H groups in total. The smallest absolute Gasteiger partial charge is 0.354 e. The molecule has 0 saturated carbocycles. The second-order valence-corrected chi connectivity index (χ2v) is 4.92. The SMILES string of the molecule is CNC(=O)NC(=O)C(C)Sc1ccnc(C(=O)O)c1. The van der Waals surface area contributed by atoms with Gasteiger partial charge in [-0.15, -0.1) is 11.8 Å². The van der Waals surface area contributed by atoms with Gasteiger partial charge in [-0.3, -0.25) is 10.1 Å². The van der Waals surface area contributed by atoms with E-state index >= 15 is 0 Å². The summed E-state index contributed by atoms with van der Waals surface area (Å²) in [6, 6.07) is 2.38. The summed E-state index contributed by atoms with van der Waals surface area (Å²) in [5.74, 6) is -1.59. The van der Waals surface area contributed by atoms with Gasteiger partial charge in [0.25, 0.3) is 0 Å². The molecule has 1 aromatic heterocycles. The first kappa shape index (κ1) is 15.0. The summed E-state index contributed by atoms with van der Waals surface area (Å²) in [7, 11) is 1.41. The quantitative estimate of drug-likeness (QED) is 0.702. The zero-order chi connectivity index (χ0) is 14.4. The van der Waals surface area contributed by atoms with Crippen molar-refractivity contribution in [2.45, 2.75) is 17.1 Å². The van der Waals surface area contributed by atoms with Crippen molar-refractivity contribution < 1.29 is 19.5 Å². The molecule has 0 bridgehead atoms. The second-order valence-electron chi connectivity index (χ2n) is 3.51. The molecule has 1 unspecified atom stereocenters. The van der Waals surface area contributed by atoms with E-state index in [1.165, 1.54) is 19.3 Å². The lowest BCUT2D eigenvalue weighted by Crippen LogP contribution is -2.41. The first-order valence-electron chi connectivity index (χ1n) is 5.32. The molecule has 8 heteroatoms. The number of carbonyl (C=O) groups excluding carboxylic acids is 2. The van der Waals surface area contributed by atoms with Crippen molar-refractivity contribution in [2.24, 2.45) is 0 Å². The van der Waals surface area contributed by atoms with E-state index in [4.69, 9.17) is 5.11 Å². The summed E-state index contributed by atoms with van der Waals surface area (Å²) < 4.78 is 0. The number of aromatic nitrogens is 1. The highest BCUT2D eigenvalue weighted by molar-refractivity contribution is 8.00. The Labute approximate surface area is 113 Å². The summed E-state index contributed by atoms with van der Waals surface area (Å²) in [5, 5.41) is 12.7. The maximum atomic E-state index is 11.6. The number of rotatable bonds is 4. The minimum absolute atomic E-state index is 0.0936. The van der Waals surface area contributed by atoms with Crippen LogP contribution in [0.4, 0.5) is 4.79 Å². The third-order valence-electron chi connectivity index (χ3n) is 2.10. The number of nitrogens with zero attached hydrogens (tertiary/aromatic N) is 1. The zero-order valence-corrected chi connectivity index (χ0v) is 11.2. The number of imide groups is 1. The van der Waals surface area contributed by atoms with Crippen molar-refractivity contribution in [3.05, 3.63) is 24.0 Å². The predicted molar refractivity (Wildman–Crippen MR) is 69.1 cm³/mol. The molecule has 0 saturated heterocycles. The summed E-state index contributed by atoms with van der Waals surface area (Å²) >= 11 is 1.14. The number of urea groups is 1. The van der Waals surface area contributed by atoms with Crippen LogP contribution in [-0.4, -0.2) is 40.3 Å². The van der Waals surface area contributed by atoms with E-state index in [-0.39, 0.29) is 5.69 Å². The van der Waals surface area contributed by atoms with Gasteiger partial charge in [0.1, 0.15) is 5.69 Å². The Morgan fingerprint density at radius 3 is 2.68 bits per heavy atom. The summed E-state index contributed by atoms with van der Waals surface area (Å²) in [6.45, 7) is 1.61. The number of carboxylic acid groups (broad SMARTS) is 1. The van der Waals surface area contributed by atoms with Gasteiger partial charge in [0.05, 0.1) is 5.25 Å². The third kappa shape index (κ3) is 4.59. The van der Waals surface area contributed by atoms with Crippen LogP contribution in [0.2, 0.25) is 0 Å². The first-order valence-corrected chi connectivity index (χ1v) is 6.20. The van der Waals surface area contributed by atoms with Crippen molar-refractivity contribution in [3.63, 3.8) is 0 Å². The van der Waals surface area contributed by atoms with Gasteiger partial charge in [-0.25, -0.2) is 14.6 Å². The minimum Gasteiger partial charge on any atom is -0.477 e. The number of carboxylic acids is 1. The van der Waals surface area contributed by atoms with Crippen molar-refractivity contribution in [2.75, 3.05) is 7.05 Å². The van der Waals surface area contributed by atoms with Crippen LogP contribution >= 0.6 is 11.8 Å². The Hall–Kier alpha value is -2.09. The molecule has 0 aliphatic carbocycles. The molecule has 0 aromatic carbocycles. The number of hydrogen-bond donors (Lipinski definition) is 3. The minimum atomic E-state index is -1.13. The number of hydrogen-bond acceptors (Lipinski definition) is 5. The van der Waals surface area contributed by atoms with Gasteiger partial charge in [-0.2, -0.15) is 0 Å². The summed E-state index contributed by atoms with van der Waals surface area (Å²) in [6.07, 6.45) is 1.36. The highest BCUT2D eigenvalue weighted by Crippen LogP contribution is 2.23. The van der Waals surface area contributed by atoms with Gasteiger partial charge in [-0.05, 0) is 19.1 Å². The third-order valence-corrected chi connectivity index (χ3v) is 3.19. The maximum absolute atomic E-state index is 11.6. The van der Waals surface area contributed by atoms with E-state index < -0.39 is 23.2 Å². The topological polar surface area (TPSA) is 108 Å². The van der Waals surface area contributed by atoms with Crippen LogP contribution in [0.5, 0.6) is 0 Å². The molecule has 0 spiro atoms. The van der Waals surface area contributed by atoms with Crippen LogP contribution in [0.25, 0.3) is 0 Å². The Kier molecular flexibility index (Phi) is 5.31. The van der Waals surface area contributed by atoms with Gasteiger partial charge in [0.2, 0.25) is 5.91 Å². The monoisotopic (exact) mass is 283 g/mol. The fourth-order valence-corrected chi connectivity index (χ4v) is 2.03. The van der Waals surface area contributed by atoms with Crippen molar-refractivity contribution in [1.82, 2.24) is 15.6 Å². The Bertz CT molecular complexity index is 506. The first-order chi connectivity index (χ1) is 8.93. The van der Waals surface area contributed by atoms with Gasteiger partial charge < -0.3 is 10.4 Å². The van der Waals surface area contributed by atoms with Crippen molar-refractivity contribution >= 4 is 29.7 Å². The van der Waals surface area contributed by atoms with E-state index in [2.05, 4.69) is 15.6 Å². The van der Waals surface area contributed by atoms with Crippen LogP contribution in [0, 0.1) is 0 Å². The molecule has 1 atom stereocenters. The predicted octanol–water partition coefficient (Wildman–Crippen LogP) is 0.716. The highest BCUT2D eigenvalue weighted by atomic mass is 32.2. The molecule has 3 amide bonds. The van der Waals surface area contributed by atoms with Crippen LogP contribution in [0.3, 0.4) is 0 Å². The Morgan fingerprint density at radius 2 is 2.11 bits per heavy atom. The normalized spacial score (nSPS) is 11.5. The molecule has 1 aromatic rings. The lowest BCUT2D eigenvalue weighted by molar-refractivity contribution is -0.119. The number of amides is 3. The Balaban J connectivity index is 2.68. The molecular formula is C11H13N3O4S. The molecule has 1 rings (SSSR count). The number of thioether (sulfide) groups is 1. The Morgan fingerprint density at radius 1 is 1.42 bits per heavy atom. The number of nitrogens with one attached hydrogen (secondary N) is 2. The van der Waals surface area contributed by atoms with Crippen molar-refractivity contribution in [3.8, 4) is 0 Å². The number of pyridine rings is 1. The highest BCUT2D eigenvalue weighted by Gasteiger charge is 2.17. The lowest BCUT2D eigenvalue weighted by Gasteiger charge is -2.10. The molecule has 0 aliphatic rings. The largest absolute Gasteiger partial charge is 0.477 e. The molecular weight excluding hydrogens is 270 g/mol. The van der Waals surface area contributed by atoms with Gasteiger partial charge in [0, 0.05) is 18.1 Å². The molecule has 0 radical (unpaired) electrons. The van der Waals surface area contributed by atoms with Crippen LogP contribution in [0.15, 0.2) is 23.2 Å². The van der Waals surface area contributed by atoms with E-state index in [9.17, 15) is 14.4 Å². The number of carbonyl (C=O) groups is 3. The van der Waals surface area contributed by atoms with Gasteiger partial charge in [0.15, 0.2) is 0 Å². The van der Waals surface area contributed by atoms with E-state index in [0.29, 0.717) is 4.90 Å². The van der Waals surface area contributed by atoms with Crippen LogP contribution < -0.4 is 10.6 Å². The molecule has 102 valence electrons. The average molecular weight is 283 g/mol. The lowest BCUT2D eigenvalue weighted by atomic mass is 10.3. The summed E-state index contributed by atoms with van der Waals surface area (Å²) in [5.41, 5.74) is -0.0936. The van der Waals surface area contributed by atoms with Gasteiger partial charge in [-0.1, -0.05) is 0 Å². The molecule has 19 heavy (non-hydrogen) atoms. The summed E-state index contributed by atoms with van der Waals surface area (Å²) in [4.78, 5) is 37.6. The van der Waals surface area contributed by atoms with Crippen LogP contribution in [0.1, 0.15) is 17.4 Å². The molecule has 0 aliphatic heterocycles. The van der Waals surface area contributed by atoms with E-state index in [1.54, 1.807) is 13.0 Å². The van der Waals surface area contributed by atoms with E-state index in [1.807, 2.05) is 0 Å². The zero-order valence-electron chi connectivity index (χ0n) is 10.3. The molecule has 7 nitrogen and oxygen atoms in total. The fourth-order valence-electron chi connectivity index (χ4n) is 1.14. The standard InChI is InChI=1S/C11H13N3O4S/c1-6(9(15)14-11(18)12-2)19-7-3-4-13-8(5-7)10(16)17/h3-6H,1-2H3,(H,16,17)(H2,12,14,15,18). The van der Waals surface area contributed by atoms with E-state index in [0.717, 1.165) is 11.8 Å². The maximum Gasteiger partial charge on any atom is 0.354 e. The second kappa shape index (κ2) is 6.74. The fraction of sp³-hybridized carbons (Fsp3) is 0.273. The molecule has 1 heterocycles. The average Bonchev–Trinajstić information content (AvgIpc) is 2.38. The number of aromatic carboxylic acids is 1. The van der Waals surface area contributed by atoms with Gasteiger partial charge >= 0.3 is 12.0 Å². The van der Waals surface area contributed by atoms with Crippen molar-refractivity contribution in [1.29, 1.82) is 0 Å².